The van der Waals surface area contributed by atoms with Crippen molar-refractivity contribution in [3.63, 3.8) is 0 Å². The van der Waals surface area contributed by atoms with Gasteiger partial charge in [0.1, 0.15) is 11.5 Å². The molecule has 2 aromatic carbocycles. The van der Waals surface area contributed by atoms with Crippen LogP contribution in [0.2, 0.25) is 0 Å². The number of benzene rings is 2. The van der Waals surface area contributed by atoms with Gasteiger partial charge in [-0.2, -0.15) is 5.26 Å². The molecule has 1 aliphatic rings. The van der Waals surface area contributed by atoms with Crippen molar-refractivity contribution >= 4 is 5.91 Å². The summed E-state index contributed by atoms with van der Waals surface area (Å²) in [5, 5.41) is 9.05. The zero-order chi connectivity index (χ0) is 17.8. The van der Waals surface area contributed by atoms with Gasteiger partial charge in [-0.1, -0.05) is 6.07 Å². The van der Waals surface area contributed by atoms with Crippen LogP contribution >= 0.6 is 0 Å². The molecule has 0 spiro atoms. The number of nitriles is 1. The highest BCUT2D eigenvalue weighted by Crippen LogP contribution is 2.39. The minimum Gasteiger partial charge on any atom is -0.497 e. The number of carbonyl (C=O) groups excluding carboxylic acids is 1. The first kappa shape index (κ1) is 16.8. The van der Waals surface area contributed by atoms with Crippen molar-refractivity contribution in [2.24, 2.45) is 0 Å². The van der Waals surface area contributed by atoms with Gasteiger partial charge in [-0.3, -0.25) is 4.79 Å². The second kappa shape index (κ2) is 7.27. The van der Waals surface area contributed by atoms with Crippen molar-refractivity contribution in [2.45, 2.75) is 18.9 Å². The highest BCUT2D eigenvalue weighted by Gasteiger charge is 2.32. The molecule has 0 unspecified atom stereocenters. The molecule has 3 rings (SSSR count). The molecule has 0 radical (unpaired) electrons. The maximum atomic E-state index is 13.0. The van der Waals surface area contributed by atoms with Gasteiger partial charge in [0, 0.05) is 23.7 Å². The van der Waals surface area contributed by atoms with Crippen molar-refractivity contribution in [3.8, 4) is 17.6 Å². The van der Waals surface area contributed by atoms with Gasteiger partial charge >= 0.3 is 0 Å². The quantitative estimate of drug-likeness (QED) is 0.856. The predicted molar refractivity (Wildman–Crippen MR) is 93.7 cm³/mol. The molecule has 1 amide bonds. The van der Waals surface area contributed by atoms with Crippen LogP contribution in [0.4, 0.5) is 0 Å². The third kappa shape index (κ3) is 3.29. The van der Waals surface area contributed by atoms with Crippen LogP contribution in [-0.4, -0.2) is 31.6 Å². The number of methoxy groups -OCH3 is 2. The van der Waals surface area contributed by atoms with Gasteiger partial charge in [0.05, 0.1) is 31.9 Å². The summed E-state index contributed by atoms with van der Waals surface area (Å²) in [4.78, 5) is 14.8. The summed E-state index contributed by atoms with van der Waals surface area (Å²) in [5.74, 6) is 1.38. The molecule has 5 nitrogen and oxygen atoms in total. The van der Waals surface area contributed by atoms with Gasteiger partial charge in [0.25, 0.3) is 5.91 Å². The molecule has 5 heteroatoms. The minimum absolute atomic E-state index is 0.0425. The normalized spacial score (nSPS) is 16.4. The second-order valence-electron chi connectivity index (χ2n) is 5.96. The number of amides is 1. The summed E-state index contributed by atoms with van der Waals surface area (Å²) in [6.45, 7) is 0.690. The summed E-state index contributed by atoms with van der Waals surface area (Å²) in [5.41, 5.74) is 2.01. The Bertz CT molecular complexity index is 826. The Kier molecular flexibility index (Phi) is 4.90. The van der Waals surface area contributed by atoms with Crippen LogP contribution in [0.3, 0.4) is 0 Å². The fourth-order valence-electron chi connectivity index (χ4n) is 3.31. The van der Waals surface area contributed by atoms with Gasteiger partial charge in [0.15, 0.2) is 0 Å². The highest BCUT2D eigenvalue weighted by atomic mass is 16.5. The molecule has 0 aliphatic carbocycles. The van der Waals surface area contributed by atoms with Crippen LogP contribution in [0.5, 0.6) is 11.5 Å². The van der Waals surface area contributed by atoms with Crippen LogP contribution in [-0.2, 0) is 0 Å². The van der Waals surface area contributed by atoms with E-state index >= 15 is 0 Å². The largest absolute Gasteiger partial charge is 0.497 e. The first-order chi connectivity index (χ1) is 12.2. The molecule has 2 aromatic rings. The number of likely N-dealkylation sites (tertiary alicyclic amines) is 1. The van der Waals surface area contributed by atoms with Gasteiger partial charge in [-0.15, -0.1) is 0 Å². The van der Waals surface area contributed by atoms with Gasteiger partial charge in [-0.25, -0.2) is 0 Å². The number of nitrogens with zero attached hydrogens (tertiary/aromatic N) is 2. The Morgan fingerprint density at radius 3 is 2.76 bits per heavy atom. The smallest absolute Gasteiger partial charge is 0.254 e. The number of hydrogen-bond donors (Lipinski definition) is 0. The zero-order valence-corrected chi connectivity index (χ0v) is 14.4. The molecule has 128 valence electrons. The minimum atomic E-state index is -0.0579. The Morgan fingerprint density at radius 2 is 2.04 bits per heavy atom. The average Bonchev–Trinajstić information content (AvgIpc) is 3.16. The van der Waals surface area contributed by atoms with E-state index in [2.05, 4.69) is 6.07 Å². The molecule has 25 heavy (non-hydrogen) atoms. The standard InChI is InChI=1S/C20H20N2O3/c1-24-16-8-9-17(19(12-16)25-2)18-7-4-10-22(18)20(23)15-6-3-5-14(11-15)13-21/h3,5-6,8-9,11-12,18H,4,7,10H2,1-2H3/t18-/m1/s1. The topological polar surface area (TPSA) is 62.6 Å². The summed E-state index contributed by atoms with van der Waals surface area (Å²) < 4.78 is 10.8. The Morgan fingerprint density at radius 1 is 1.20 bits per heavy atom. The lowest BCUT2D eigenvalue weighted by Crippen LogP contribution is -2.30. The molecule has 0 saturated carbocycles. The Labute approximate surface area is 147 Å². The van der Waals surface area contributed by atoms with Crippen LogP contribution < -0.4 is 9.47 Å². The highest BCUT2D eigenvalue weighted by molar-refractivity contribution is 5.95. The number of rotatable bonds is 4. The van der Waals surface area contributed by atoms with E-state index < -0.39 is 0 Å². The van der Waals surface area contributed by atoms with Crippen LogP contribution in [0.15, 0.2) is 42.5 Å². The summed E-state index contributed by atoms with van der Waals surface area (Å²) in [6, 6.07) is 14.6. The van der Waals surface area contributed by atoms with E-state index in [9.17, 15) is 4.79 Å². The molecular formula is C20H20N2O3. The van der Waals surface area contributed by atoms with Crippen LogP contribution in [0.25, 0.3) is 0 Å². The third-order valence-corrected chi connectivity index (χ3v) is 4.55. The van der Waals surface area contributed by atoms with E-state index in [4.69, 9.17) is 14.7 Å². The van der Waals surface area contributed by atoms with Crippen molar-refractivity contribution in [2.75, 3.05) is 20.8 Å². The van der Waals surface area contributed by atoms with Gasteiger partial charge in [-0.05, 0) is 43.2 Å². The predicted octanol–water partition coefficient (Wildman–Crippen LogP) is 3.55. The molecule has 1 aliphatic heterocycles. The van der Waals surface area contributed by atoms with E-state index in [1.54, 1.807) is 38.5 Å². The van der Waals surface area contributed by atoms with Gasteiger partial charge in [0.2, 0.25) is 0 Å². The Balaban J connectivity index is 1.93. The molecule has 0 bridgehead atoms. The number of carbonyl (C=O) groups is 1. The first-order valence-corrected chi connectivity index (χ1v) is 8.21. The average molecular weight is 336 g/mol. The lowest BCUT2D eigenvalue weighted by molar-refractivity contribution is 0.0734. The summed E-state index contributed by atoms with van der Waals surface area (Å²) >= 11 is 0. The maximum absolute atomic E-state index is 13.0. The van der Waals surface area contributed by atoms with E-state index in [0.717, 1.165) is 29.9 Å². The lowest BCUT2D eigenvalue weighted by atomic mass is 10.0. The molecule has 0 N–H and O–H groups in total. The fraction of sp³-hybridized carbons (Fsp3) is 0.300. The first-order valence-electron chi connectivity index (χ1n) is 8.21. The van der Waals surface area contributed by atoms with Crippen LogP contribution in [0.1, 0.15) is 40.4 Å². The molecule has 1 fully saturated rings. The maximum Gasteiger partial charge on any atom is 0.254 e. The van der Waals surface area contributed by atoms with E-state index in [0.29, 0.717) is 17.7 Å². The van der Waals surface area contributed by atoms with E-state index in [-0.39, 0.29) is 11.9 Å². The Hall–Kier alpha value is -3.00. The number of hydrogen-bond acceptors (Lipinski definition) is 4. The molecule has 1 atom stereocenters. The molecule has 1 heterocycles. The van der Waals surface area contributed by atoms with Crippen molar-refractivity contribution < 1.29 is 14.3 Å². The van der Waals surface area contributed by atoms with Crippen molar-refractivity contribution in [1.82, 2.24) is 4.90 Å². The SMILES string of the molecule is COc1ccc([C@H]2CCCN2C(=O)c2cccc(C#N)c2)c(OC)c1. The second-order valence-corrected chi connectivity index (χ2v) is 5.96. The summed E-state index contributed by atoms with van der Waals surface area (Å²) in [7, 11) is 3.23. The molecule has 1 saturated heterocycles. The zero-order valence-electron chi connectivity index (χ0n) is 14.4. The van der Waals surface area contributed by atoms with Gasteiger partial charge < -0.3 is 14.4 Å². The van der Waals surface area contributed by atoms with Crippen LogP contribution in [0, 0.1) is 11.3 Å². The van der Waals surface area contributed by atoms with E-state index in [1.165, 1.54) is 0 Å². The molecule has 0 aromatic heterocycles. The lowest BCUT2D eigenvalue weighted by Gasteiger charge is -2.26. The third-order valence-electron chi connectivity index (χ3n) is 4.55. The monoisotopic (exact) mass is 336 g/mol. The van der Waals surface area contributed by atoms with Crippen molar-refractivity contribution in [3.05, 3.63) is 59.2 Å². The summed E-state index contributed by atoms with van der Waals surface area (Å²) in [6.07, 6.45) is 1.82. The molecular weight excluding hydrogens is 316 g/mol. The van der Waals surface area contributed by atoms with E-state index in [1.807, 2.05) is 23.1 Å². The number of ether oxygens (including phenoxy) is 2. The fourth-order valence-corrected chi connectivity index (χ4v) is 3.31. The van der Waals surface area contributed by atoms with Crippen molar-refractivity contribution in [1.29, 1.82) is 5.26 Å².